The SMILES string of the molecule is O=C(CCCOc1ccccc1[N+](=O)[O-])NCCN1C(=O)CSC1=O. The van der Waals surface area contributed by atoms with Gasteiger partial charge in [-0.05, 0) is 12.5 Å². The molecule has 1 aliphatic heterocycles. The highest BCUT2D eigenvalue weighted by Gasteiger charge is 2.29. The Bertz CT molecular complexity index is 665. The quantitative estimate of drug-likeness (QED) is 0.400. The number of thioether (sulfide) groups is 1. The molecule has 1 aliphatic rings. The average Bonchev–Trinajstić information content (AvgIpc) is 2.91. The minimum atomic E-state index is -0.527. The number of carbonyl (C=O) groups is 3. The van der Waals surface area contributed by atoms with Gasteiger partial charge in [-0.2, -0.15) is 0 Å². The Morgan fingerprint density at radius 1 is 1.36 bits per heavy atom. The molecule has 0 unspecified atom stereocenters. The van der Waals surface area contributed by atoms with Crippen molar-refractivity contribution in [2.45, 2.75) is 12.8 Å². The van der Waals surface area contributed by atoms with Crippen LogP contribution in [0.2, 0.25) is 0 Å². The Hall–Kier alpha value is -2.62. The van der Waals surface area contributed by atoms with Gasteiger partial charge >= 0.3 is 5.69 Å². The summed E-state index contributed by atoms with van der Waals surface area (Å²) in [6.45, 7) is 0.517. The molecule has 1 heterocycles. The highest BCUT2D eigenvalue weighted by molar-refractivity contribution is 8.14. The summed E-state index contributed by atoms with van der Waals surface area (Å²) < 4.78 is 5.34. The Morgan fingerprint density at radius 2 is 2.12 bits per heavy atom. The molecule has 1 N–H and O–H groups in total. The third-order valence-corrected chi connectivity index (χ3v) is 4.22. The fourth-order valence-corrected chi connectivity index (χ4v) is 2.89. The molecule has 2 rings (SSSR count). The average molecular weight is 367 g/mol. The molecular weight excluding hydrogens is 350 g/mol. The molecular formula is C15H17N3O6S. The third-order valence-electron chi connectivity index (χ3n) is 3.37. The van der Waals surface area contributed by atoms with Crippen LogP contribution in [0.4, 0.5) is 10.5 Å². The molecule has 10 heteroatoms. The second-order valence-corrected chi connectivity index (χ2v) is 6.05. The number of carbonyl (C=O) groups excluding carboxylic acids is 3. The number of hydrogen-bond acceptors (Lipinski definition) is 7. The standard InChI is InChI=1S/C15H17N3O6S/c19-13(16-7-8-17-14(20)10-25-15(17)21)6-3-9-24-12-5-2-1-4-11(12)18(22)23/h1-2,4-5H,3,6-10H2,(H,16,19). The molecule has 0 aromatic heterocycles. The van der Waals surface area contributed by atoms with Gasteiger partial charge in [0, 0.05) is 25.6 Å². The van der Waals surface area contributed by atoms with Crippen LogP contribution in [0.25, 0.3) is 0 Å². The molecule has 3 amide bonds. The van der Waals surface area contributed by atoms with Gasteiger partial charge in [0.1, 0.15) is 0 Å². The maximum absolute atomic E-state index is 11.7. The molecule has 0 radical (unpaired) electrons. The van der Waals surface area contributed by atoms with Crippen LogP contribution in [0.3, 0.4) is 0 Å². The Balaban J connectivity index is 1.63. The lowest BCUT2D eigenvalue weighted by molar-refractivity contribution is -0.385. The van der Waals surface area contributed by atoms with Crippen molar-refractivity contribution in [2.75, 3.05) is 25.4 Å². The van der Waals surface area contributed by atoms with Crippen molar-refractivity contribution < 1.29 is 24.0 Å². The topological polar surface area (TPSA) is 119 Å². The van der Waals surface area contributed by atoms with Crippen LogP contribution in [0, 0.1) is 10.1 Å². The second-order valence-electron chi connectivity index (χ2n) is 5.13. The first-order valence-electron chi connectivity index (χ1n) is 7.59. The lowest BCUT2D eigenvalue weighted by Crippen LogP contribution is -2.37. The summed E-state index contributed by atoms with van der Waals surface area (Å²) in [5, 5.41) is 13.2. The van der Waals surface area contributed by atoms with Gasteiger partial charge in [0.25, 0.3) is 5.24 Å². The number of nitro groups is 1. The summed E-state index contributed by atoms with van der Waals surface area (Å²) in [5.41, 5.74) is -0.121. The van der Waals surface area contributed by atoms with Crippen LogP contribution >= 0.6 is 11.8 Å². The number of hydrogen-bond donors (Lipinski definition) is 1. The fourth-order valence-electron chi connectivity index (χ4n) is 2.14. The number of nitrogens with one attached hydrogen (secondary N) is 1. The number of rotatable bonds is 9. The molecule has 0 saturated carbocycles. The predicted octanol–water partition coefficient (Wildman–Crippen LogP) is 1.57. The third kappa shape index (κ3) is 5.45. The molecule has 1 aromatic rings. The van der Waals surface area contributed by atoms with Crippen molar-refractivity contribution in [3.63, 3.8) is 0 Å². The monoisotopic (exact) mass is 367 g/mol. The van der Waals surface area contributed by atoms with Gasteiger partial charge < -0.3 is 10.1 Å². The van der Waals surface area contributed by atoms with E-state index in [0.717, 1.165) is 16.7 Å². The molecule has 1 saturated heterocycles. The summed E-state index contributed by atoms with van der Waals surface area (Å²) in [6.07, 6.45) is 0.562. The van der Waals surface area contributed by atoms with Gasteiger partial charge in [-0.3, -0.25) is 29.4 Å². The molecule has 0 aliphatic carbocycles. The zero-order valence-electron chi connectivity index (χ0n) is 13.3. The maximum atomic E-state index is 11.7. The van der Waals surface area contributed by atoms with E-state index in [-0.39, 0.29) is 60.4 Å². The first kappa shape index (κ1) is 18.7. The first-order valence-corrected chi connectivity index (χ1v) is 8.57. The van der Waals surface area contributed by atoms with Gasteiger partial charge in [0.05, 0.1) is 17.3 Å². The number of amides is 3. The van der Waals surface area contributed by atoms with Crippen molar-refractivity contribution in [1.29, 1.82) is 0 Å². The van der Waals surface area contributed by atoms with E-state index in [4.69, 9.17) is 4.74 Å². The highest BCUT2D eigenvalue weighted by atomic mass is 32.2. The largest absolute Gasteiger partial charge is 0.487 e. The van der Waals surface area contributed by atoms with E-state index in [0.29, 0.717) is 6.42 Å². The Morgan fingerprint density at radius 3 is 2.80 bits per heavy atom. The molecule has 0 atom stereocenters. The zero-order chi connectivity index (χ0) is 18.2. The van der Waals surface area contributed by atoms with Gasteiger partial charge in [-0.15, -0.1) is 0 Å². The van der Waals surface area contributed by atoms with Crippen LogP contribution in [0.15, 0.2) is 24.3 Å². The maximum Gasteiger partial charge on any atom is 0.310 e. The molecule has 9 nitrogen and oxygen atoms in total. The Labute approximate surface area is 147 Å². The molecule has 0 spiro atoms. The van der Waals surface area contributed by atoms with Crippen molar-refractivity contribution in [3.05, 3.63) is 34.4 Å². The summed E-state index contributed by atoms with van der Waals surface area (Å²) in [4.78, 5) is 45.9. The number of nitrogens with zero attached hydrogens (tertiary/aromatic N) is 2. The lowest BCUT2D eigenvalue weighted by Gasteiger charge is -2.13. The summed E-state index contributed by atoms with van der Waals surface area (Å²) in [6, 6.07) is 6.03. The molecule has 134 valence electrons. The summed E-state index contributed by atoms with van der Waals surface area (Å²) >= 11 is 0.950. The number of ether oxygens (including phenoxy) is 1. The first-order chi connectivity index (χ1) is 12.0. The van der Waals surface area contributed by atoms with E-state index in [2.05, 4.69) is 5.32 Å². The number of imide groups is 1. The van der Waals surface area contributed by atoms with E-state index in [1.165, 1.54) is 12.1 Å². The summed E-state index contributed by atoms with van der Waals surface area (Å²) in [5.74, 6) is -0.174. The smallest absolute Gasteiger partial charge is 0.310 e. The van der Waals surface area contributed by atoms with Gasteiger partial charge in [0.2, 0.25) is 11.8 Å². The van der Waals surface area contributed by atoms with Crippen molar-refractivity contribution >= 4 is 34.5 Å². The molecule has 1 fully saturated rings. The van der Waals surface area contributed by atoms with Crippen LogP contribution < -0.4 is 10.1 Å². The zero-order valence-corrected chi connectivity index (χ0v) is 14.1. The minimum absolute atomic E-state index is 0.121. The van der Waals surface area contributed by atoms with Crippen LogP contribution in [0.1, 0.15) is 12.8 Å². The highest BCUT2D eigenvalue weighted by Crippen LogP contribution is 2.25. The van der Waals surface area contributed by atoms with Crippen LogP contribution in [-0.4, -0.2) is 52.3 Å². The van der Waals surface area contributed by atoms with E-state index in [1.807, 2.05) is 0 Å². The lowest BCUT2D eigenvalue weighted by atomic mass is 10.3. The Kier molecular flexibility index (Phi) is 6.75. The van der Waals surface area contributed by atoms with Crippen LogP contribution in [-0.2, 0) is 9.59 Å². The molecule has 0 bridgehead atoms. The van der Waals surface area contributed by atoms with Gasteiger partial charge in [-0.1, -0.05) is 23.9 Å². The van der Waals surface area contributed by atoms with Crippen molar-refractivity contribution in [3.8, 4) is 5.75 Å². The molecule has 1 aromatic carbocycles. The van der Waals surface area contributed by atoms with E-state index >= 15 is 0 Å². The minimum Gasteiger partial charge on any atom is -0.487 e. The number of benzene rings is 1. The van der Waals surface area contributed by atoms with E-state index in [1.54, 1.807) is 12.1 Å². The second kappa shape index (κ2) is 9.02. The van der Waals surface area contributed by atoms with Crippen molar-refractivity contribution in [2.24, 2.45) is 0 Å². The van der Waals surface area contributed by atoms with Gasteiger partial charge in [-0.25, -0.2) is 0 Å². The van der Waals surface area contributed by atoms with Crippen molar-refractivity contribution in [1.82, 2.24) is 10.2 Å². The van der Waals surface area contributed by atoms with Gasteiger partial charge in [0.15, 0.2) is 5.75 Å². The summed E-state index contributed by atoms with van der Waals surface area (Å²) in [7, 11) is 0. The normalized spacial score (nSPS) is 13.8. The van der Waals surface area contributed by atoms with E-state index in [9.17, 15) is 24.5 Å². The molecule has 25 heavy (non-hydrogen) atoms. The number of nitro benzene ring substituents is 1. The number of para-hydroxylation sites is 2. The fraction of sp³-hybridized carbons (Fsp3) is 0.400. The van der Waals surface area contributed by atoms with E-state index < -0.39 is 4.92 Å². The predicted molar refractivity (Wildman–Crippen MR) is 90.4 cm³/mol. The van der Waals surface area contributed by atoms with Crippen LogP contribution in [0.5, 0.6) is 5.75 Å².